The second-order valence-electron chi connectivity index (χ2n) is 5.82. The molecule has 2 aromatic carbocycles. The molecule has 5 heteroatoms. The third kappa shape index (κ3) is 4.33. The van der Waals surface area contributed by atoms with Gasteiger partial charge >= 0.3 is 0 Å². The maximum Gasteiger partial charge on any atom is 0.136 e. The van der Waals surface area contributed by atoms with Crippen molar-refractivity contribution in [3.05, 3.63) is 77.6 Å². The number of benzene rings is 2. The highest BCUT2D eigenvalue weighted by atomic mass is 15.2. The van der Waals surface area contributed by atoms with E-state index in [1.165, 1.54) is 5.56 Å². The Morgan fingerprint density at radius 1 is 1.04 bits per heavy atom. The summed E-state index contributed by atoms with van der Waals surface area (Å²) in [5, 5.41) is 12.3. The molecular formula is C20H19N5. The summed E-state index contributed by atoms with van der Waals surface area (Å²) in [6.07, 6.45) is 0. The molecule has 0 aliphatic heterocycles. The first-order valence-electron chi connectivity index (χ1n) is 8.02. The van der Waals surface area contributed by atoms with Gasteiger partial charge in [0.15, 0.2) is 0 Å². The van der Waals surface area contributed by atoms with Crippen LogP contribution in [0.25, 0.3) is 0 Å². The Kier molecular flexibility index (Phi) is 4.91. The van der Waals surface area contributed by atoms with Gasteiger partial charge in [-0.2, -0.15) is 5.26 Å². The number of nitrogens with zero attached hydrogens (tertiary/aromatic N) is 4. The fourth-order valence-corrected chi connectivity index (χ4v) is 2.56. The lowest BCUT2D eigenvalue weighted by Gasteiger charge is -2.19. The maximum atomic E-state index is 9.02. The molecule has 25 heavy (non-hydrogen) atoms. The van der Waals surface area contributed by atoms with Gasteiger partial charge in [0, 0.05) is 25.3 Å². The van der Waals surface area contributed by atoms with E-state index in [1.54, 1.807) is 12.1 Å². The molecule has 0 aliphatic rings. The average Bonchev–Trinajstić information content (AvgIpc) is 2.62. The van der Waals surface area contributed by atoms with Gasteiger partial charge < -0.3 is 10.2 Å². The summed E-state index contributed by atoms with van der Waals surface area (Å²) in [6.45, 7) is 2.64. The van der Waals surface area contributed by atoms with E-state index in [0.717, 1.165) is 18.1 Å². The zero-order valence-electron chi connectivity index (χ0n) is 14.3. The molecule has 0 atom stereocenters. The number of hydrogen-bond donors (Lipinski definition) is 1. The molecule has 3 aromatic rings. The Hall–Kier alpha value is -3.39. The first-order chi connectivity index (χ1) is 12.1. The van der Waals surface area contributed by atoms with E-state index in [2.05, 4.69) is 38.4 Å². The lowest BCUT2D eigenvalue weighted by molar-refractivity contribution is 0.880. The van der Waals surface area contributed by atoms with Gasteiger partial charge in [0.25, 0.3) is 0 Å². The minimum absolute atomic E-state index is 0.609. The monoisotopic (exact) mass is 329 g/mol. The Morgan fingerprint density at radius 3 is 2.60 bits per heavy atom. The van der Waals surface area contributed by atoms with Crippen molar-refractivity contribution in [2.24, 2.45) is 0 Å². The number of rotatable bonds is 5. The minimum atomic E-state index is 0.609. The van der Waals surface area contributed by atoms with Crippen LogP contribution in [0.1, 0.15) is 17.0 Å². The molecule has 0 amide bonds. The summed E-state index contributed by atoms with van der Waals surface area (Å²) in [7, 11) is 2.01. The molecule has 0 unspecified atom stereocenters. The predicted molar refractivity (Wildman–Crippen MR) is 99.8 cm³/mol. The van der Waals surface area contributed by atoms with E-state index >= 15 is 0 Å². The van der Waals surface area contributed by atoms with Crippen LogP contribution in [-0.2, 0) is 6.54 Å². The van der Waals surface area contributed by atoms with E-state index in [-0.39, 0.29) is 0 Å². The van der Waals surface area contributed by atoms with E-state index in [1.807, 2.05) is 50.4 Å². The van der Waals surface area contributed by atoms with Crippen LogP contribution in [0, 0.1) is 18.3 Å². The van der Waals surface area contributed by atoms with Gasteiger partial charge in [-0.15, -0.1) is 0 Å². The van der Waals surface area contributed by atoms with Crippen molar-refractivity contribution < 1.29 is 0 Å². The summed E-state index contributed by atoms with van der Waals surface area (Å²) in [4.78, 5) is 11.1. The smallest absolute Gasteiger partial charge is 0.136 e. The molecular weight excluding hydrogens is 310 g/mol. The van der Waals surface area contributed by atoms with Crippen LogP contribution >= 0.6 is 0 Å². The summed E-state index contributed by atoms with van der Waals surface area (Å²) in [5.41, 5.74) is 2.66. The van der Waals surface area contributed by atoms with Crippen molar-refractivity contribution in [3.8, 4) is 6.07 Å². The fourth-order valence-electron chi connectivity index (χ4n) is 2.56. The quantitative estimate of drug-likeness (QED) is 0.765. The maximum absolute atomic E-state index is 9.02. The van der Waals surface area contributed by atoms with Crippen LogP contribution in [-0.4, -0.2) is 17.0 Å². The highest BCUT2D eigenvalue weighted by Gasteiger charge is 2.08. The Bertz CT molecular complexity index is 899. The van der Waals surface area contributed by atoms with Crippen molar-refractivity contribution in [2.75, 3.05) is 17.3 Å². The molecule has 3 rings (SSSR count). The molecule has 124 valence electrons. The summed E-state index contributed by atoms with van der Waals surface area (Å²) < 4.78 is 0. The standard InChI is InChI=1S/C20H19N5/c1-15-22-19(24-18-10-6-9-17(11-18)13-21)12-20(23-15)25(2)14-16-7-4-3-5-8-16/h3-12H,14H2,1-2H3,(H,22,23,24). The molecule has 1 aromatic heterocycles. The van der Waals surface area contributed by atoms with Crippen molar-refractivity contribution in [3.63, 3.8) is 0 Å². The molecule has 0 radical (unpaired) electrons. The van der Waals surface area contributed by atoms with Crippen molar-refractivity contribution in [1.82, 2.24) is 9.97 Å². The van der Waals surface area contributed by atoms with Gasteiger partial charge in [-0.05, 0) is 30.7 Å². The topological polar surface area (TPSA) is 64.8 Å². The molecule has 0 spiro atoms. The van der Waals surface area contributed by atoms with E-state index < -0.39 is 0 Å². The third-order valence-electron chi connectivity index (χ3n) is 3.74. The zero-order chi connectivity index (χ0) is 17.6. The Balaban J connectivity index is 1.81. The predicted octanol–water partition coefficient (Wildman–Crippen LogP) is 4.04. The van der Waals surface area contributed by atoms with E-state index in [9.17, 15) is 0 Å². The van der Waals surface area contributed by atoms with Crippen LogP contribution < -0.4 is 10.2 Å². The zero-order valence-corrected chi connectivity index (χ0v) is 14.3. The summed E-state index contributed by atoms with van der Waals surface area (Å²) >= 11 is 0. The van der Waals surface area contributed by atoms with Gasteiger partial charge in [0.1, 0.15) is 17.5 Å². The third-order valence-corrected chi connectivity index (χ3v) is 3.74. The van der Waals surface area contributed by atoms with Gasteiger partial charge in [-0.1, -0.05) is 36.4 Å². The average molecular weight is 329 g/mol. The second-order valence-corrected chi connectivity index (χ2v) is 5.82. The number of nitrogens with one attached hydrogen (secondary N) is 1. The number of nitriles is 1. The fraction of sp³-hybridized carbons (Fsp3) is 0.150. The van der Waals surface area contributed by atoms with Crippen LogP contribution in [0.4, 0.5) is 17.3 Å². The Morgan fingerprint density at radius 2 is 1.84 bits per heavy atom. The van der Waals surface area contributed by atoms with Gasteiger partial charge in [0.2, 0.25) is 0 Å². The second kappa shape index (κ2) is 7.45. The molecule has 0 fully saturated rings. The van der Waals surface area contributed by atoms with Crippen LogP contribution in [0.2, 0.25) is 0 Å². The molecule has 0 aliphatic carbocycles. The van der Waals surface area contributed by atoms with Crippen molar-refractivity contribution in [1.29, 1.82) is 5.26 Å². The largest absolute Gasteiger partial charge is 0.355 e. The highest BCUT2D eigenvalue weighted by Crippen LogP contribution is 2.21. The van der Waals surface area contributed by atoms with Gasteiger partial charge in [0.05, 0.1) is 11.6 Å². The van der Waals surface area contributed by atoms with Crippen LogP contribution in [0.5, 0.6) is 0 Å². The molecule has 1 N–H and O–H groups in total. The SMILES string of the molecule is Cc1nc(Nc2cccc(C#N)c2)cc(N(C)Cc2ccccc2)n1. The van der Waals surface area contributed by atoms with Crippen molar-refractivity contribution in [2.45, 2.75) is 13.5 Å². The van der Waals surface area contributed by atoms with Crippen LogP contribution in [0.15, 0.2) is 60.7 Å². The van der Waals surface area contributed by atoms with E-state index in [0.29, 0.717) is 17.2 Å². The highest BCUT2D eigenvalue weighted by molar-refractivity contribution is 5.61. The first kappa shape index (κ1) is 16.5. The molecule has 0 saturated heterocycles. The normalized spacial score (nSPS) is 10.1. The Labute approximate surface area is 147 Å². The number of hydrogen-bond acceptors (Lipinski definition) is 5. The van der Waals surface area contributed by atoms with Gasteiger partial charge in [-0.25, -0.2) is 9.97 Å². The summed E-state index contributed by atoms with van der Waals surface area (Å²) in [6, 6.07) is 21.6. The lowest BCUT2D eigenvalue weighted by atomic mass is 10.2. The molecule has 0 saturated carbocycles. The minimum Gasteiger partial charge on any atom is -0.355 e. The lowest BCUT2D eigenvalue weighted by Crippen LogP contribution is -2.18. The molecule has 0 bridgehead atoms. The van der Waals surface area contributed by atoms with Crippen molar-refractivity contribution >= 4 is 17.3 Å². The molecule has 1 heterocycles. The van der Waals surface area contributed by atoms with Crippen LogP contribution in [0.3, 0.4) is 0 Å². The number of aryl methyl sites for hydroxylation is 1. The molecule has 5 nitrogen and oxygen atoms in total. The first-order valence-corrected chi connectivity index (χ1v) is 8.02. The number of aromatic nitrogens is 2. The summed E-state index contributed by atoms with van der Waals surface area (Å²) in [5.74, 6) is 2.24. The van der Waals surface area contributed by atoms with Gasteiger partial charge in [-0.3, -0.25) is 0 Å². The number of anilines is 3. The van der Waals surface area contributed by atoms with E-state index in [4.69, 9.17) is 5.26 Å².